The number of phenols is 1. The summed E-state index contributed by atoms with van der Waals surface area (Å²) >= 11 is 0. The molecule has 64 valence electrons. The molecule has 5 heteroatoms. The lowest BCUT2D eigenvalue weighted by molar-refractivity contribution is 0.470. The van der Waals surface area contributed by atoms with E-state index in [1.54, 1.807) is 0 Å². The molecule has 1 rings (SSSR count). The highest BCUT2D eigenvalue weighted by molar-refractivity contribution is 5.50. The fourth-order valence-corrected chi connectivity index (χ4v) is 0.629. The molecule has 0 heterocycles. The first kappa shape index (κ1) is 10.3. The summed E-state index contributed by atoms with van der Waals surface area (Å²) in [7, 11) is 0. The SMILES string of the molecule is C.[N-]=[N+]=Nc1ccc(F)cc1O. The van der Waals surface area contributed by atoms with Crippen molar-refractivity contribution in [3.05, 3.63) is 34.5 Å². The van der Waals surface area contributed by atoms with Gasteiger partial charge in [0, 0.05) is 11.0 Å². The van der Waals surface area contributed by atoms with Crippen molar-refractivity contribution in [3.63, 3.8) is 0 Å². The fraction of sp³-hybridized carbons (Fsp3) is 0.143. The first-order valence-corrected chi connectivity index (χ1v) is 2.77. The van der Waals surface area contributed by atoms with Gasteiger partial charge in [0.05, 0.1) is 5.69 Å². The van der Waals surface area contributed by atoms with Gasteiger partial charge >= 0.3 is 0 Å². The zero-order valence-electron chi connectivity index (χ0n) is 5.40. The molecule has 1 N–H and O–H groups in total. The number of halogens is 1. The van der Waals surface area contributed by atoms with Crippen LogP contribution in [0.3, 0.4) is 0 Å². The van der Waals surface area contributed by atoms with Gasteiger partial charge in [-0.05, 0) is 17.7 Å². The minimum atomic E-state index is -0.570. The number of nitrogens with zero attached hydrogens (tertiary/aromatic N) is 3. The Balaban J connectivity index is 0.00000121. The molecule has 0 aliphatic heterocycles. The molecular formula is C7H8FN3O. The summed E-state index contributed by atoms with van der Waals surface area (Å²) in [6.45, 7) is 0. The van der Waals surface area contributed by atoms with Crippen molar-refractivity contribution >= 4 is 5.69 Å². The number of phenolic OH excluding ortho intramolecular Hbond substituents is 1. The van der Waals surface area contributed by atoms with E-state index >= 15 is 0 Å². The number of aromatic hydroxyl groups is 1. The van der Waals surface area contributed by atoms with E-state index in [0.29, 0.717) is 0 Å². The number of rotatable bonds is 1. The Morgan fingerprint density at radius 3 is 2.67 bits per heavy atom. The van der Waals surface area contributed by atoms with Gasteiger partial charge in [-0.3, -0.25) is 0 Å². The summed E-state index contributed by atoms with van der Waals surface area (Å²) in [6.07, 6.45) is 0. The quantitative estimate of drug-likeness (QED) is 0.391. The molecule has 0 spiro atoms. The van der Waals surface area contributed by atoms with Gasteiger partial charge in [-0.2, -0.15) is 0 Å². The van der Waals surface area contributed by atoms with Crippen molar-refractivity contribution in [1.29, 1.82) is 0 Å². The molecule has 0 saturated heterocycles. The summed E-state index contributed by atoms with van der Waals surface area (Å²) < 4.78 is 12.3. The highest BCUT2D eigenvalue weighted by atomic mass is 19.1. The van der Waals surface area contributed by atoms with Crippen LogP contribution >= 0.6 is 0 Å². The highest BCUT2D eigenvalue weighted by Gasteiger charge is 1.98. The van der Waals surface area contributed by atoms with E-state index in [1.165, 1.54) is 6.07 Å². The predicted molar refractivity (Wildman–Crippen MR) is 43.6 cm³/mol. The molecule has 1 aromatic rings. The van der Waals surface area contributed by atoms with Crippen molar-refractivity contribution in [2.75, 3.05) is 0 Å². The minimum absolute atomic E-state index is 0. The second kappa shape index (κ2) is 4.20. The average molecular weight is 169 g/mol. The van der Waals surface area contributed by atoms with Crippen molar-refractivity contribution in [2.45, 2.75) is 7.43 Å². The zero-order chi connectivity index (χ0) is 8.27. The van der Waals surface area contributed by atoms with E-state index in [9.17, 15) is 4.39 Å². The summed E-state index contributed by atoms with van der Waals surface area (Å²) in [5.74, 6) is -0.929. The fourth-order valence-electron chi connectivity index (χ4n) is 0.629. The monoisotopic (exact) mass is 169 g/mol. The molecule has 0 unspecified atom stereocenters. The molecule has 0 aromatic heterocycles. The van der Waals surface area contributed by atoms with Gasteiger partial charge in [-0.15, -0.1) is 0 Å². The van der Waals surface area contributed by atoms with Crippen LogP contribution in [0.2, 0.25) is 0 Å². The second-order valence-electron chi connectivity index (χ2n) is 1.82. The lowest BCUT2D eigenvalue weighted by atomic mass is 10.3. The maximum Gasteiger partial charge on any atom is 0.128 e. The molecule has 1 aromatic carbocycles. The first-order chi connectivity index (χ1) is 5.24. The van der Waals surface area contributed by atoms with Gasteiger partial charge in [0.1, 0.15) is 11.6 Å². The minimum Gasteiger partial charge on any atom is -0.507 e. The van der Waals surface area contributed by atoms with Crippen LogP contribution in [0.1, 0.15) is 7.43 Å². The van der Waals surface area contributed by atoms with Gasteiger partial charge in [0.25, 0.3) is 0 Å². The van der Waals surface area contributed by atoms with Gasteiger partial charge in [-0.1, -0.05) is 12.5 Å². The predicted octanol–water partition coefficient (Wildman–Crippen LogP) is 3.11. The lowest BCUT2D eigenvalue weighted by Crippen LogP contribution is -1.71. The van der Waals surface area contributed by atoms with Gasteiger partial charge in [0.15, 0.2) is 0 Å². The Labute approximate surface area is 68.9 Å². The van der Waals surface area contributed by atoms with Crippen molar-refractivity contribution in [3.8, 4) is 5.75 Å². The molecule has 0 aliphatic rings. The normalized spacial score (nSPS) is 8.08. The van der Waals surface area contributed by atoms with E-state index < -0.39 is 5.82 Å². The Morgan fingerprint density at radius 1 is 1.50 bits per heavy atom. The van der Waals surface area contributed by atoms with Crippen LogP contribution in [0.5, 0.6) is 5.75 Å². The van der Waals surface area contributed by atoms with E-state index in [2.05, 4.69) is 10.0 Å². The van der Waals surface area contributed by atoms with Crippen molar-refractivity contribution < 1.29 is 9.50 Å². The van der Waals surface area contributed by atoms with E-state index in [1.807, 2.05) is 0 Å². The maximum atomic E-state index is 12.3. The van der Waals surface area contributed by atoms with Crippen LogP contribution in [0.15, 0.2) is 23.3 Å². The topological polar surface area (TPSA) is 69.0 Å². The molecule has 0 bridgehead atoms. The zero-order valence-corrected chi connectivity index (χ0v) is 5.40. The molecule has 12 heavy (non-hydrogen) atoms. The molecule has 0 aliphatic carbocycles. The summed E-state index contributed by atoms with van der Waals surface area (Å²) in [6, 6.07) is 3.18. The average Bonchev–Trinajstić information content (AvgIpc) is 1.95. The number of hydrogen-bond acceptors (Lipinski definition) is 2. The van der Waals surface area contributed by atoms with E-state index in [0.717, 1.165) is 12.1 Å². The van der Waals surface area contributed by atoms with Crippen LogP contribution < -0.4 is 0 Å². The van der Waals surface area contributed by atoms with Crippen molar-refractivity contribution in [2.24, 2.45) is 5.11 Å². The number of benzene rings is 1. The third-order valence-electron chi connectivity index (χ3n) is 1.09. The number of hydrogen-bond donors (Lipinski definition) is 1. The highest BCUT2D eigenvalue weighted by Crippen LogP contribution is 2.26. The molecule has 0 fully saturated rings. The Hall–Kier alpha value is -1.74. The van der Waals surface area contributed by atoms with Gasteiger partial charge < -0.3 is 5.11 Å². The molecule has 0 saturated carbocycles. The van der Waals surface area contributed by atoms with Crippen LogP contribution in [-0.2, 0) is 0 Å². The van der Waals surface area contributed by atoms with E-state index in [4.69, 9.17) is 10.6 Å². The lowest BCUT2D eigenvalue weighted by Gasteiger charge is -1.94. The van der Waals surface area contributed by atoms with Crippen molar-refractivity contribution in [1.82, 2.24) is 0 Å². The van der Waals surface area contributed by atoms with Gasteiger partial charge in [-0.25, -0.2) is 4.39 Å². The largest absolute Gasteiger partial charge is 0.507 e. The Bertz CT molecular complexity index is 320. The first-order valence-electron chi connectivity index (χ1n) is 2.77. The molecule has 0 radical (unpaired) electrons. The van der Waals surface area contributed by atoms with Gasteiger partial charge in [0.2, 0.25) is 0 Å². The molecule has 4 nitrogen and oxygen atoms in total. The molecule has 0 amide bonds. The van der Waals surface area contributed by atoms with Crippen LogP contribution in [-0.4, -0.2) is 5.11 Å². The summed E-state index contributed by atoms with van der Waals surface area (Å²) in [4.78, 5) is 2.44. The third kappa shape index (κ3) is 2.14. The Morgan fingerprint density at radius 2 is 2.17 bits per heavy atom. The Kier molecular flexibility index (Phi) is 3.59. The van der Waals surface area contributed by atoms with Crippen LogP contribution in [0, 0.1) is 5.82 Å². The summed E-state index contributed by atoms with van der Waals surface area (Å²) in [5.41, 5.74) is 7.99. The number of azide groups is 1. The van der Waals surface area contributed by atoms with Crippen LogP contribution in [0.25, 0.3) is 10.4 Å². The second-order valence-corrected chi connectivity index (χ2v) is 1.82. The smallest absolute Gasteiger partial charge is 0.128 e. The van der Waals surface area contributed by atoms with E-state index in [-0.39, 0.29) is 18.9 Å². The van der Waals surface area contributed by atoms with Crippen LogP contribution in [0.4, 0.5) is 10.1 Å². The standard InChI is InChI=1S/C6H4FN3O.CH4/c7-4-1-2-5(9-10-8)6(11)3-4;/h1-3,11H;1H4. The molecule has 0 atom stereocenters. The third-order valence-corrected chi connectivity index (χ3v) is 1.09. The summed E-state index contributed by atoms with van der Waals surface area (Å²) in [5, 5.41) is 12.0. The molecular weight excluding hydrogens is 161 g/mol. The maximum absolute atomic E-state index is 12.3.